The Kier molecular flexibility index (Phi) is 3.75. The fraction of sp³-hybridized carbons (Fsp3) is 0.312. The predicted octanol–water partition coefficient (Wildman–Crippen LogP) is 2.96. The number of benzene rings is 1. The van der Waals surface area contributed by atoms with Gasteiger partial charge in [-0.1, -0.05) is 29.8 Å². The first kappa shape index (κ1) is 12.2. The molecule has 0 saturated heterocycles. The first-order valence-corrected chi connectivity index (χ1v) is 6.90. The van der Waals surface area contributed by atoms with Gasteiger partial charge in [0.05, 0.1) is 5.52 Å². The lowest BCUT2D eigenvalue weighted by atomic mass is 10.1. The van der Waals surface area contributed by atoms with Crippen molar-refractivity contribution >= 4 is 16.7 Å². The van der Waals surface area contributed by atoms with Crippen LogP contribution >= 0.6 is 0 Å². The molecule has 1 aromatic carbocycles. The summed E-state index contributed by atoms with van der Waals surface area (Å²) >= 11 is 0. The highest BCUT2D eigenvalue weighted by molar-refractivity contribution is 5.79. The molecule has 0 spiro atoms. The highest BCUT2D eigenvalue weighted by Crippen LogP contribution is 2.15. The van der Waals surface area contributed by atoms with E-state index in [1.807, 2.05) is 12.1 Å². The van der Waals surface area contributed by atoms with Crippen molar-refractivity contribution in [2.75, 3.05) is 25.0 Å². The van der Waals surface area contributed by atoms with Gasteiger partial charge in [-0.25, -0.2) is 4.98 Å². The Morgan fingerprint density at radius 2 is 2.11 bits per heavy atom. The number of fused-ring (bicyclic) bond motifs is 1. The van der Waals surface area contributed by atoms with Gasteiger partial charge in [-0.2, -0.15) is 0 Å². The minimum Gasteiger partial charge on any atom is -0.370 e. The Balaban J connectivity index is 1.60. The van der Waals surface area contributed by atoms with Crippen LogP contribution in [0.1, 0.15) is 12.8 Å². The van der Waals surface area contributed by atoms with Gasteiger partial charge in [-0.3, -0.25) is 0 Å². The van der Waals surface area contributed by atoms with Crippen LogP contribution in [0.5, 0.6) is 0 Å². The Labute approximate surface area is 113 Å². The van der Waals surface area contributed by atoms with Crippen LogP contribution < -0.4 is 10.6 Å². The number of nitrogens with one attached hydrogen (secondary N) is 2. The molecule has 1 aliphatic rings. The van der Waals surface area contributed by atoms with Gasteiger partial charge in [-0.15, -0.1) is 0 Å². The number of para-hydroxylation sites is 1. The maximum absolute atomic E-state index is 4.61. The molecule has 98 valence electrons. The van der Waals surface area contributed by atoms with Crippen molar-refractivity contribution in [2.24, 2.45) is 0 Å². The summed E-state index contributed by atoms with van der Waals surface area (Å²) in [6.45, 7) is 3.08. The molecule has 0 radical (unpaired) electrons. The molecule has 3 heteroatoms. The largest absolute Gasteiger partial charge is 0.370 e. The molecule has 1 aliphatic heterocycles. The number of hydrogen-bond acceptors (Lipinski definition) is 3. The van der Waals surface area contributed by atoms with Gasteiger partial charge < -0.3 is 10.6 Å². The number of rotatable bonds is 4. The minimum absolute atomic E-state index is 0.956. The van der Waals surface area contributed by atoms with Crippen LogP contribution in [-0.4, -0.2) is 24.6 Å². The maximum Gasteiger partial charge on any atom is 0.126 e. The molecule has 0 amide bonds. The van der Waals surface area contributed by atoms with Crippen LogP contribution in [-0.2, 0) is 0 Å². The fourth-order valence-electron chi connectivity index (χ4n) is 2.41. The Hall–Kier alpha value is -1.87. The summed E-state index contributed by atoms with van der Waals surface area (Å²) in [6.07, 6.45) is 4.59. The SMILES string of the molecule is C1=C(CCNc2ccc3ccccc3n2)CCNC1. The average Bonchev–Trinajstić information content (AvgIpc) is 2.48. The van der Waals surface area contributed by atoms with E-state index in [2.05, 4.69) is 46.0 Å². The van der Waals surface area contributed by atoms with E-state index >= 15 is 0 Å². The normalized spacial score (nSPS) is 15.3. The molecule has 0 atom stereocenters. The third kappa shape index (κ3) is 3.12. The minimum atomic E-state index is 0.956. The van der Waals surface area contributed by atoms with E-state index < -0.39 is 0 Å². The molecule has 3 rings (SSSR count). The highest BCUT2D eigenvalue weighted by atomic mass is 15.0. The second kappa shape index (κ2) is 5.85. The third-order valence-electron chi connectivity index (χ3n) is 3.51. The molecule has 0 bridgehead atoms. The monoisotopic (exact) mass is 253 g/mol. The van der Waals surface area contributed by atoms with Crippen molar-refractivity contribution in [2.45, 2.75) is 12.8 Å². The van der Waals surface area contributed by atoms with E-state index in [1.54, 1.807) is 5.57 Å². The first-order valence-electron chi connectivity index (χ1n) is 6.90. The maximum atomic E-state index is 4.61. The molecule has 0 fully saturated rings. The summed E-state index contributed by atoms with van der Waals surface area (Å²) in [5.41, 5.74) is 2.60. The van der Waals surface area contributed by atoms with Gasteiger partial charge in [0.15, 0.2) is 0 Å². The van der Waals surface area contributed by atoms with Crippen LogP contribution in [0.2, 0.25) is 0 Å². The van der Waals surface area contributed by atoms with E-state index in [9.17, 15) is 0 Å². The Bertz CT molecular complexity index is 589. The summed E-state index contributed by atoms with van der Waals surface area (Å²) in [7, 11) is 0. The summed E-state index contributed by atoms with van der Waals surface area (Å²) < 4.78 is 0. The van der Waals surface area contributed by atoms with Crippen LogP contribution in [0.3, 0.4) is 0 Å². The molecule has 1 aromatic heterocycles. The summed E-state index contributed by atoms with van der Waals surface area (Å²) in [5, 5.41) is 7.93. The van der Waals surface area contributed by atoms with Gasteiger partial charge in [-0.05, 0) is 37.6 Å². The Morgan fingerprint density at radius 3 is 3.00 bits per heavy atom. The number of hydrogen-bond donors (Lipinski definition) is 2. The zero-order valence-corrected chi connectivity index (χ0v) is 11.0. The van der Waals surface area contributed by atoms with Gasteiger partial charge in [0.1, 0.15) is 5.82 Å². The summed E-state index contributed by atoms with van der Waals surface area (Å²) in [4.78, 5) is 4.61. The average molecular weight is 253 g/mol. The molecule has 2 aromatic rings. The van der Waals surface area contributed by atoms with Crippen molar-refractivity contribution in [1.29, 1.82) is 0 Å². The number of pyridine rings is 1. The van der Waals surface area contributed by atoms with E-state index in [1.165, 1.54) is 11.8 Å². The molecular weight excluding hydrogens is 234 g/mol. The van der Waals surface area contributed by atoms with Crippen LogP contribution in [0.15, 0.2) is 48.0 Å². The summed E-state index contributed by atoms with van der Waals surface area (Å²) in [6, 6.07) is 12.4. The second-order valence-corrected chi connectivity index (χ2v) is 4.88. The second-order valence-electron chi connectivity index (χ2n) is 4.88. The molecule has 0 aliphatic carbocycles. The van der Waals surface area contributed by atoms with Gasteiger partial charge in [0, 0.05) is 18.5 Å². The topological polar surface area (TPSA) is 37.0 Å². The Morgan fingerprint density at radius 1 is 1.16 bits per heavy atom. The lowest BCUT2D eigenvalue weighted by molar-refractivity contribution is 0.683. The predicted molar refractivity (Wildman–Crippen MR) is 80.4 cm³/mol. The third-order valence-corrected chi connectivity index (χ3v) is 3.51. The van der Waals surface area contributed by atoms with Crippen molar-refractivity contribution in [3.63, 3.8) is 0 Å². The van der Waals surface area contributed by atoms with Gasteiger partial charge in [0.2, 0.25) is 0 Å². The van der Waals surface area contributed by atoms with Gasteiger partial charge >= 0.3 is 0 Å². The van der Waals surface area contributed by atoms with Crippen molar-refractivity contribution in [3.05, 3.63) is 48.0 Å². The van der Waals surface area contributed by atoms with Crippen molar-refractivity contribution in [1.82, 2.24) is 10.3 Å². The smallest absolute Gasteiger partial charge is 0.126 e. The van der Waals surface area contributed by atoms with E-state index in [0.29, 0.717) is 0 Å². The molecule has 19 heavy (non-hydrogen) atoms. The standard InChI is InChI=1S/C16H19N3/c1-2-4-15-14(3-1)5-6-16(19-15)18-12-9-13-7-10-17-11-8-13/h1-7,17H,8-12H2,(H,18,19). The zero-order chi connectivity index (χ0) is 12.9. The lowest BCUT2D eigenvalue weighted by Crippen LogP contribution is -2.21. The highest BCUT2D eigenvalue weighted by Gasteiger charge is 2.03. The quantitative estimate of drug-likeness (QED) is 0.823. The molecule has 0 saturated carbocycles. The number of nitrogens with zero attached hydrogens (tertiary/aromatic N) is 1. The van der Waals surface area contributed by atoms with E-state index in [0.717, 1.165) is 37.4 Å². The first-order chi connectivity index (χ1) is 9.42. The molecule has 2 N–H and O–H groups in total. The molecule has 2 heterocycles. The van der Waals surface area contributed by atoms with Crippen LogP contribution in [0, 0.1) is 0 Å². The van der Waals surface area contributed by atoms with Crippen LogP contribution in [0.4, 0.5) is 5.82 Å². The van der Waals surface area contributed by atoms with E-state index in [-0.39, 0.29) is 0 Å². The fourth-order valence-corrected chi connectivity index (χ4v) is 2.41. The number of anilines is 1. The van der Waals surface area contributed by atoms with Crippen molar-refractivity contribution < 1.29 is 0 Å². The van der Waals surface area contributed by atoms with Crippen LogP contribution in [0.25, 0.3) is 10.9 Å². The molecular formula is C16H19N3. The molecule has 0 unspecified atom stereocenters. The van der Waals surface area contributed by atoms with Gasteiger partial charge in [0.25, 0.3) is 0 Å². The van der Waals surface area contributed by atoms with E-state index in [4.69, 9.17) is 0 Å². The number of aromatic nitrogens is 1. The summed E-state index contributed by atoms with van der Waals surface area (Å²) in [5.74, 6) is 0.966. The zero-order valence-electron chi connectivity index (χ0n) is 11.0. The molecule has 3 nitrogen and oxygen atoms in total. The van der Waals surface area contributed by atoms with Crippen molar-refractivity contribution in [3.8, 4) is 0 Å². The lowest BCUT2D eigenvalue weighted by Gasteiger charge is -2.14.